The molecule has 0 aromatic carbocycles. The van der Waals surface area contributed by atoms with Gasteiger partial charge in [-0.3, -0.25) is 9.78 Å². The molecule has 1 amide bonds. The van der Waals surface area contributed by atoms with Gasteiger partial charge in [0, 0.05) is 57.1 Å². The number of carbonyl (C=O) groups is 1. The molecule has 1 spiro atoms. The summed E-state index contributed by atoms with van der Waals surface area (Å²) in [7, 11) is 3.47. The topological polar surface area (TPSA) is 104 Å². The van der Waals surface area contributed by atoms with Crippen molar-refractivity contribution in [3.63, 3.8) is 0 Å². The first-order valence-corrected chi connectivity index (χ1v) is 11.7. The van der Waals surface area contributed by atoms with E-state index < -0.39 is 0 Å². The van der Waals surface area contributed by atoms with Crippen molar-refractivity contribution in [2.24, 2.45) is 5.41 Å². The minimum Gasteiger partial charge on any atom is -0.369 e. The highest BCUT2D eigenvalue weighted by molar-refractivity contribution is 6.01. The average molecular weight is 470 g/mol. The third-order valence-corrected chi connectivity index (χ3v) is 6.85. The van der Waals surface area contributed by atoms with E-state index in [-0.39, 0.29) is 5.91 Å². The number of fused-ring (bicyclic) bond motifs is 1. The van der Waals surface area contributed by atoms with Crippen LogP contribution in [0.5, 0.6) is 0 Å². The number of rotatable bonds is 5. The number of carbonyl (C=O) groups excluding carboxylic acids is 1. The van der Waals surface area contributed by atoms with Crippen molar-refractivity contribution >= 4 is 28.9 Å². The quantitative estimate of drug-likeness (QED) is 0.459. The molecule has 2 aliphatic heterocycles. The van der Waals surface area contributed by atoms with Crippen LogP contribution in [0, 0.1) is 5.41 Å². The van der Waals surface area contributed by atoms with Crippen LogP contribution >= 0.6 is 0 Å². The molecule has 6 heterocycles. The molecule has 2 N–H and O–H groups in total. The average Bonchev–Trinajstić information content (AvgIpc) is 3.49. The van der Waals surface area contributed by atoms with Gasteiger partial charge in [0.1, 0.15) is 5.82 Å². The van der Waals surface area contributed by atoms with Gasteiger partial charge in [-0.25, -0.2) is 14.5 Å². The van der Waals surface area contributed by atoms with E-state index in [1.165, 1.54) is 6.42 Å². The van der Waals surface area contributed by atoms with Crippen LogP contribution in [0.25, 0.3) is 16.8 Å². The zero-order valence-corrected chi connectivity index (χ0v) is 19.8. The van der Waals surface area contributed by atoms with Crippen molar-refractivity contribution in [1.29, 1.82) is 0 Å². The van der Waals surface area contributed by atoms with Gasteiger partial charge in [0.05, 0.1) is 34.9 Å². The van der Waals surface area contributed by atoms with Crippen LogP contribution in [0.1, 0.15) is 16.8 Å². The summed E-state index contributed by atoms with van der Waals surface area (Å²) in [5, 5.41) is 11.4. The van der Waals surface area contributed by atoms with Crippen LogP contribution in [0.4, 0.5) is 17.5 Å². The fourth-order valence-electron chi connectivity index (χ4n) is 4.99. The molecular formula is C25H27N9O. The second-order valence-electron chi connectivity index (χ2n) is 9.57. The number of nitrogens with one attached hydrogen (secondary N) is 2. The summed E-state index contributed by atoms with van der Waals surface area (Å²) in [6, 6.07) is 9.57. The van der Waals surface area contributed by atoms with Crippen molar-refractivity contribution in [2.75, 3.05) is 50.5 Å². The highest BCUT2D eigenvalue weighted by Crippen LogP contribution is 2.38. The molecule has 0 atom stereocenters. The number of amides is 1. The fourth-order valence-corrected chi connectivity index (χ4v) is 4.99. The lowest BCUT2D eigenvalue weighted by Crippen LogP contribution is -2.57. The van der Waals surface area contributed by atoms with Gasteiger partial charge >= 0.3 is 0 Å². The fraction of sp³-hybridized carbons (Fsp3) is 0.320. The van der Waals surface area contributed by atoms with E-state index in [0.717, 1.165) is 42.9 Å². The van der Waals surface area contributed by atoms with Crippen LogP contribution < -0.4 is 15.5 Å². The van der Waals surface area contributed by atoms with E-state index in [0.29, 0.717) is 28.4 Å². The van der Waals surface area contributed by atoms with E-state index in [2.05, 4.69) is 41.7 Å². The zero-order chi connectivity index (χ0) is 24.0. The summed E-state index contributed by atoms with van der Waals surface area (Å²) in [6.45, 7) is 4.38. The summed E-state index contributed by atoms with van der Waals surface area (Å²) >= 11 is 0. The molecule has 0 saturated carbocycles. The highest BCUT2D eigenvalue weighted by atomic mass is 16.2. The maximum atomic E-state index is 12.9. The first kappa shape index (κ1) is 21.5. The normalized spacial score (nSPS) is 16.5. The number of pyridine rings is 2. The van der Waals surface area contributed by atoms with E-state index in [4.69, 9.17) is 0 Å². The summed E-state index contributed by atoms with van der Waals surface area (Å²) in [5.74, 6) is 0.954. The Morgan fingerprint density at radius 2 is 1.94 bits per heavy atom. The maximum absolute atomic E-state index is 12.9. The highest BCUT2D eigenvalue weighted by Gasteiger charge is 2.44. The van der Waals surface area contributed by atoms with E-state index in [1.54, 1.807) is 42.1 Å². The number of nitrogens with zero attached hydrogens (tertiary/aromatic N) is 7. The lowest BCUT2D eigenvalue weighted by molar-refractivity contribution is 0.0828. The Hall–Kier alpha value is -4.05. The van der Waals surface area contributed by atoms with Crippen molar-refractivity contribution in [1.82, 2.24) is 34.8 Å². The first-order chi connectivity index (χ1) is 17.0. The van der Waals surface area contributed by atoms with Gasteiger partial charge in [-0.15, -0.1) is 5.10 Å². The molecule has 0 unspecified atom stereocenters. The van der Waals surface area contributed by atoms with Gasteiger partial charge in [-0.1, -0.05) is 0 Å². The number of hydrogen-bond donors (Lipinski definition) is 2. The van der Waals surface area contributed by atoms with Crippen LogP contribution in [-0.2, 0) is 0 Å². The Labute approximate surface area is 203 Å². The van der Waals surface area contributed by atoms with Gasteiger partial charge in [0.2, 0.25) is 5.95 Å². The Morgan fingerprint density at radius 3 is 2.63 bits per heavy atom. The number of anilines is 3. The first-order valence-electron chi connectivity index (χ1n) is 11.7. The molecule has 10 nitrogen and oxygen atoms in total. The van der Waals surface area contributed by atoms with Gasteiger partial charge in [-0.2, -0.15) is 0 Å². The molecule has 10 heteroatoms. The van der Waals surface area contributed by atoms with Crippen molar-refractivity contribution in [2.45, 2.75) is 6.42 Å². The predicted molar refractivity (Wildman–Crippen MR) is 134 cm³/mol. The summed E-state index contributed by atoms with van der Waals surface area (Å²) in [6.07, 6.45) is 8.25. The summed E-state index contributed by atoms with van der Waals surface area (Å²) < 4.78 is 1.74. The van der Waals surface area contributed by atoms with E-state index in [9.17, 15) is 4.79 Å². The summed E-state index contributed by atoms with van der Waals surface area (Å²) in [4.78, 5) is 30.0. The van der Waals surface area contributed by atoms with Gasteiger partial charge in [0.15, 0.2) is 0 Å². The van der Waals surface area contributed by atoms with Crippen molar-refractivity contribution in [3.05, 3.63) is 60.7 Å². The smallest absolute Gasteiger partial charge is 0.255 e. The molecule has 4 aromatic heterocycles. The second kappa shape index (κ2) is 8.31. The van der Waals surface area contributed by atoms with E-state index in [1.807, 2.05) is 30.5 Å². The minimum atomic E-state index is -0.102. The Bertz CT molecular complexity index is 1370. The maximum Gasteiger partial charge on any atom is 0.255 e. The molecule has 0 bridgehead atoms. The lowest BCUT2D eigenvalue weighted by atomic mass is 9.79. The SMILES string of the molecule is CN(C)C(=O)c1cc2cnc(Nc3ccc(N4CC5(CCNC5)C4)cn3)nn2c1-c1ccncc1. The Balaban J connectivity index is 1.27. The molecular weight excluding hydrogens is 442 g/mol. The van der Waals surface area contributed by atoms with Gasteiger partial charge in [-0.05, 0) is 43.3 Å². The van der Waals surface area contributed by atoms with Gasteiger partial charge < -0.3 is 20.4 Å². The standard InChI is InChI=1S/C25H27N9O/c1-32(2)23(35)20-11-19-13-29-24(31-34(19)22(20)17-5-8-26-9-6-17)30-21-4-3-18(12-28-21)33-15-25(16-33)7-10-27-14-25/h3-6,8-9,11-13,27H,7,10,14-16H2,1-2H3,(H,28,30,31). The van der Waals surface area contributed by atoms with E-state index >= 15 is 0 Å². The molecule has 35 heavy (non-hydrogen) atoms. The Morgan fingerprint density at radius 1 is 1.11 bits per heavy atom. The minimum absolute atomic E-state index is 0.102. The van der Waals surface area contributed by atoms with Gasteiger partial charge in [0.25, 0.3) is 5.91 Å². The number of aromatic nitrogens is 5. The Kier molecular flexibility index (Phi) is 5.10. The van der Waals surface area contributed by atoms with Crippen molar-refractivity contribution in [3.8, 4) is 11.3 Å². The number of hydrogen-bond acceptors (Lipinski definition) is 8. The van der Waals surface area contributed by atoms with Crippen molar-refractivity contribution < 1.29 is 4.79 Å². The molecule has 6 rings (SSSR count). The molecule has 0 radical (unpaired) electrons. The lowest BCUT2D eigenvalue weighted by Gasteiger charge is -2.49. The van der Waals surface area contributed by atoms with Crippen LogP contribution in [0.15, 0.2) is 55.1 Å². The van der Waals surface area contributed by atoms with Crippen LogP contribution in [0.3, 0.4) is 0 Å². The molecule has 2 saturated heterocycles. The third-order valence-electron chi connectivity index (χ3n) is 6.85. The van der Waals surface area contributed by atoms with Crippen LogP contribution in [0.2, 0.25) is 0 Å². The molecule has 0 aliphatic carbocycles. The predicted octanol–water partition coefficient (Wildman–Crippen LogP) is 2.43. The third kappa shape index (κ3) is 3.85. The second-order valence-corrected chi connectivity index (χ2v) is 9.57. The van der Waals surface area contributed by atoms with Crippen LogP contribution in [-0.4, -0.2) is 75.6 Å². The molecule has 4 aromatic rings. The summed E-state index contributed by atoms with van der Waals surface area (Å²) in [5.41, 5.74) is 4.40. The molecule has 2 aliphatic rings. The molecule has 178 valence electrons. The largest absolute Gasteiger partial charge is 0.369 e. The zero-order valence-electron chi connectivity index (χ0n) is 19.8. The monoisotopic (exact) mass is 469 g/mol. The molecule has 2 fully saturated rings.